The molecule has 4 nitrogen and oxygen atoms in total. The summed E-state index contributed by atoms with van der Waals surface area (Å²) < 4.78 is 2.03. The lowest BCUT2D eigenvalue weighted by Gasteiger charge is -2.15. The Kier molecular flexibility index (Phi) is 3.01. The van der Waals surface area contributed by atoms with Gasteiger partial charge in [0.2, 0.25) is 0 Å². The third-order valence-corrected chi connectivity index (χ3v) is 3.93. The fourth-order valence-electron chi connectivity index (χ4n) is 2.78. The van der Waals surface area contributed by atoms with Crippen LogP contribution in [-0.4, -0.2) is 33.3 Å². The first-order valence-corrected chi connectivity index (χ1v) is 6.97. The van der Waals surface area contributed by atoms with E-state index >= 15 is 0 Å². The van der Waals surface area contributed by atoms with Crippen LogP contribution in [0.3, 0.4) is 0 Å². The van der Waals surface area contributed by atoms with Gasteiger partial charge in [-0.3, -0.25) is 4.79 Å². The summed E-state index contributed by atoms with van der Waals surface area (Å²) in [5.41, 5.74) is 3.92. The van der Waals surface area contributed by atoms with Crippen molar-refractivity contribution in [3.05, 3.63) is 35.3 Å². The molecule has 3 rings (SSSR count). The molecule has 0 saturated carbocycles. The average molecular weight is 257 g/mol. The van der Waals surface area contributed by atoms with Crippen molar-refractivity contribution in [2.45, 2.75) is 33.1 Å². The van der Waals surface area contributed by atoms with Gasteiger partial charge in [0.25, 0.3) is 5.91 Å². The van der Waals surface area contributed by atoms with Gasteiger partial charge >= 0.3 is 0 Å². The van der Waals surface area contributed by atoms with Crippen LogP contribution >= 0.6 is 0 Å². The number of imidazole rings is 1. The van der Waals surface area contributed by atoms with Crippen LogP contribution in [0.15, 0.2) is 18.3 Å². The molecule has 0 spiro atoms. The summed E-state index contributed by atoms with van der Waals surface area (Å²) in [6.07, 6.45) is 5.09. The second-order valence-electron chi connectivity index (χ2n) is 5.14. The van der Waals surface area contributed by atoms with Gasteiger partial charge in [-0.05, 0) is 38.3 Å². The maximum atomic E-state index is 12.4. The van der Waals surface area contributed by atoms with Crippen molar-refractivity contribution in [2.24, 2.45) is 0 Å². The van der Waals surface area contributed by atoms with E-state index in [-0.39, 0.29) is 5.91 Å². The van der Waals surface area contributed by atoms with Crippen molar-refractivity contribution in [1.29, 1.82) is 0 Å². The standard InChI is InChI=1S/C15H19N3O/c1-3-13-11(2)18-10-12(6-7-14(18)16-13)15(19)17-8-4-5-9-17/h6-7,10H,3-5,8-9H2,1-2H3. The average Bonchev–Trinajstić information content (AvgIpc) is 3.06. The van der Waals surface area contributed by atoms with Crippen LogP contribution in [-0.2, 0) is 6.42 Å². The topological polar surface area (TPSA) is 37.6 Å². The molecule has 1 saturated heterocycles. The molecule has 1 aliphatic rings. The molecular weight excluding hydrogens is 238 g/mol. The van der Waals surface area contributed by atoms with E-state index in [1.807, 2.05) is 27.6 Å². The molecule has 19 heavy (non-hydrogen) atoms. The van der Waals surface area contributed by atoms with Gasteiger partial charge in [-0.25, -0.2) is 4.98 Å². The molecule has 0 radical (unpaired) electrons. The van der Waals surface area contributed by atoms with Crippen molar-refractivity contribution >= 4 is 11.6 Å². The first kappa shape index (κ1) is 12.2. The van der Waals surface area contributed by atoms with Crippen molar-refractivity contribution in [3.8, 4) is 0 Å². The number of aryl methyl sites for hydroxylation is 2. The first-order chi connectivity index (χ1) is 9.20. The van der Waals surface area contributed by atoms with Gasteiger partial charge in [0, 0.05) is 25.0 Å². The molecule has 1 aliphatic heterocycles. The monoisotopic (exact) mass is 257 g/mol. The third-order valence-electron chi connectivity index (χ3n) is 3.93. The SMILES string of the molecule is CCc1nc2ccc(C(=O)N3CCCC3)cn2c1C. The molecule has 0 N–H and O–H groups in total. The Hall–Kier alpha value is -1.84. The summed E-state index contributed by atoms with van der Waals surface area (Å²) in [4.78, 5) is 18.9. The van der Waals surface area contributed by atoms with E-state index < -0.39 is 0 Å². The largest absolute Gasteiger partial charge is 0.339 e. The quantitative estimate of drug-likeness (QED) is 0.828. The van der Waals surface area contributed by atoms with Crippen molar-refractivity contribution in [3.63, 3.8) is 0 Å². The van der Waals surface area contributed by atoms with Crippen LogP contribution in [0.5, 0.6) is 0 Å². The fraction of sp³-hybridized carbons (Fsp3) is 0.467. The predicted octanol–water partition coefficient (Wildman–Crippen LogP) is 2.44. The van der Waals surface area contributed by atoms with Crippen LogP contribution in [0.4, 0.5) is 0 Å². The molecule has 3 heterocycles. The number of carbonyl (C=O) groups excluding carboxylic acids is 1. The van der Waals surface area contributed by atoms with Gasteiger partial charge in [-0.1, -0.05) is 6.92 Å². The lowest BCUT2D eigenvalue weighted by molar-refractivity contribution is 0.0792. The maximum Gasteiger partial charge on any atom is 0.255 e. The minimum absolute atomic E-state index is 0.144. The number of nitrogens with zero attached hydrogens (tertiary/aromatic N) is 3. The highest BCUT2D eigenvalue weighted by molar-refractivity contribution is 5.94. The highest BCUT2D eigenvalue weighted by Gasteiger charge is 2.20. The lowest BCUT2D eigenvalue weighted by atomic mass is 10.2. The fourth-order valence-corrected chi connectivity index (χ4v) is 2.78. The number of pyridine rings is 1. The van der Waals surface area contributed by atoms with Crippen molar-refractivity contribution < 1.29 is 4.79 Å². The van der Waals surface area contributed by atoms with Crippen LogP contribution in [0.25, 0.3) is 5.65 Å². The highest BCUT2D eigenvalue weighted by atomic mass is 16.2. The van der Waals surface area contributed by atoms with E-state index in [0.717, 1.165) is 55.0 Å². The minimum atomic E-state index is 0.144. The zero-order valence-electron chi connectivity index (χ0n) is 11.5. The summed E-state index contributed by atoms with van der Waals surface area (Å²) >= 11 is 0. The van der Waals surface area contributed by atoms with Crippen LogP contribution < -0.4 is 0 Å². The van der Waals surface area contributed by atoms with Gasteiger partial charge in [0.05, 0.1) is 11.3 Å². The molecule has 1 fully saturated rings. The van der Waals surface area contributed by atoms with Crippen molar-refractivity contribution in [2.75, 3.05) is 13.1 Å². The van der Waals surface area contributed by atoms with Crippen molar-refractivity contribution in [1.82, 2.24) is 14.3 Å². The maximum absolute atomic E-state index is 12.4. The molecule has 0 unspecified atom stereocenters. The van der Waals surface area contributed by atoms with Crippen LogP contribution in [0.2, 0.25) is 0 Å². The summed E-state index contributed by atoms with van der Waals surface area (Å²) in [7, 11) is 0. The van der Waals surface area contributed by atoms with Gasteiger partial charge in [0.15, 0.2) is 0 Å². The van der Waals surface area contributed by atoms with E-state index in [0.29, 0.717) is 0 Å². The normalized spacial score (nSPS) is 15.4. The number of amides is 1. The van der Waals surface area contributed by atoms with Crippen LogP contribution in [0.1, 0.15) is 41.5 Å². The Bertz CT molecular complexity index is 624. The molecular formula is C15H19N3O. The number of rotatable bonds is 2. The molecule has 2 aromatic heterocycles. The number of fused-ring (bicyclic) bond motifs is 1. The van der Waals surface area contributed by atoms with E-state index in [9.17, 15) is 4.79 Å². The van der Waals surface area contributed by atoms with E-state index in [4.69, 9.17) is 0 Å². The molecule has 4 heteroatoms. The van der Waals surface area contributed by atoms with Gasteiger partial charge < -0.3 is 9.30 Å². The summed E-state index contributed by atoms with van der Waals surface area (Å²) in [5, 5.41) is 0. The summed E-state index contributed by atoms with van der Waals surface area (Å²) in [6.45, 7) is 5.94. The first-order valence-electron chi connectivity index (χ1n) is 6.97. The second-order valence-corrected chi connectivity index (χ2v) is 5.14. The molecule has 100 valence electrons. The Morgan fingerprint density at radius 3 is 2.74 bits per heavy atom. The number of carbonyl (C=O) groups is 1. The lowest BCUT2D eigenvalue weighted by Crippen LogP contribution is -2.27. The molecule has 0 aliphatic carbocycles. The number of hydrogen-bond acceptors (Lipinski definition) is 2. The summed E-state index contributed by atoms with van der Waals surface area (Å²) in [6, 6.07) is 3.83. The molecule has 2 aromatic rings. The second kappa shape index (κ2) is 4.68. The summed E-state index contributed by atoms with van der Waals surface area (Å²) in [5.74, 6) is 0.144. The van der Waals surface area contributed by atoms with E-state index in [1.54, 1.807) is 0 Å². The van der Waals surface area contributed by atoms with Crippen LogP contribution in [0, 0.1) is 6.92 Å². The highest BCUT2D eigenvalue weighted by Crippen LogP contribution is 2.17. The van der Waals surface area contributed by atoms with E-state index in [1.165, 1.54) is 0 Å². The number of hydrogen-bond donors (Lipinski definition) is 0. The molecule has 0 atom stereocenters. The number of likely N-dealkylation sites (tertiary alicyclic amines) is 1. The Morgan fingerprint density at radius 1 is 1.32 bits per heavy atom. The zero-order valence-corrected chi connectivity index (χ0v) is 11.5. The Morgan fingerprint density at radius 2 is 2.05 bits per heavy atom. The molecule has 0 bridgehead atoms. The Labute approximate surface area is 113 Å². The minimum Gasteiger partial charge on any atom is -0.339 e. The third kappa shape index (κ3) is 2.01. The molecule has 0 aromatic carbocycles. The number of aromatic nitrogens is 2. The Balaban J connectivity index is 2.00. The zero-order chi connectivity index (χ0) is 13.4. The smallest absolute Gasteiger partial charge is 0.255 e. The van der Waals surface area contributed by atoms with Gasteiger partial charge in [-0.2, -0.15) is 0 Å². The van der Waals surface area contributed by atoms with Gasteiger partial charge in [0.1, 0.15) is 5.65 Å². The van der Waals surface area contributed by atoms with Gasteiger partial charge in [-0.15, -0.1) is 0 Å². The molecule has 1 amide bonds. The van der Waals surface area contributed by atoms with E-state index in [2.05, 4.69) is 18.8 Å². The predicted molar refractivity (Wildman–Crippen MR) is 74.4 cm³/mol.